The maximum absolute atomic E-state index is 12.0. The topological polar surface area (TPSA) is 58.6 Å². The summed E-state index contributed by atoms with van der Waals surface area (Å²) in [6.07, 6.45) is 2.74. The molecule has 20 heavy (non-hydrogen) atoms. The van der Waals surface area contributed by atoms with E-state index in [0.29, 0.717) is 12.5 Å². The summed E-state index contributed by atoms with van der Waals surface area (Å²) in [5, 5.41) is 12.6. The predicted molar refractivity (Wildman–Crippen MR) is 77.5 cm³/mol. The van der Waals surface area contributed by atoms with Crippen molar-refractivity contribution in [2.24, 2.45) is 11.8 Å². The molecule has 110 valence electrons. The number of aromatic hydroxyl groups is 1. The highest BCUT2D eigenvalue weighted by Gasteiger charge is 2.31. The Bertz CT molecular complexity index is 430. The van der Waals surface area contributed by atoms with Gasteiger partial charge in [0.25, 0.3) is 0 Å². The molecule has 0 amide bonds. The van der Waals surface area contributed by atoms with Crippen molar-refractivity contribution in [3.63, 3.8) is 0 Å². The Morgan fingerprint density at radius 2 is 2.15 bits per heavy atom. The molecule has 1 saturated heterocycles. The zero-order valence-corrected chi connectivity index (χ0v) is 12.0. The summed E-state index contributed by atoms with van der Waals surface area (Å²) in [6, 6.07) is 7.28. The molecule has 2 atom stereocenters. The number of piperidine rings is 1. The molecule has 1 aliphatic heterocycles. The third-order valence-corrected chi connectivity index (χ3v) is 3.94. The van der Waals surface area contributed by atoms with Crippen LogP contribution in [-0.2, 0) is 16.0 Å². The SMILES string of the molecule is CCOC(=O)[C@H]1CCNC[C@H]1CCc1ccc(O)cc1. The van der Waals surface area contributed by atoms with Crippen molar-refractivity contribution in [2.75, 3.05) is 19.7 Å². The van der Waals surface area contributed by atoms with Gasteiger partial charge < -0.3 is 15.2 Å². The maximum Gasteiger partial charge on any atom is 0.309 e. The van der Waals surface area contributed by atoms with Crippen molar-refractivity contribution in [2.45, 2.75) is 26.2 Å². The van der Waals surface area contributed by atoms with Gasteiger partial charge in [-0.05, 0) is 62.9 Å². The lowest BCUT2D eigenvalue weighted by atomic mass is 9.82. The number of hydrogen-bond donors (Lipinski definition) is 2. The molecule has 0 radical (unpaired) electrons. The van der Waals surface area contributed by atoms with Gasteiger partial charge in [-0.3, -0.25) is 4.79 Å². The highest BCUT2D eigenvalue weighted by atomic mass is 16.5. The van der Waals surface area contributed by atoms with Crippen molar-refractivity contribution in [1.29, 1.82) is 0 Å². The summed E-state index contributed by atoms with van der Waals surface area (Å²) in [7, 11) is 0. The van der Waals surface area contributed by atoms with Gasteiger partial charge in [0.1, 0.15) is 5.75 Å². The molecular formula is C16H23NO3. The number of ether oxygens (including phenoxy) is 1. The molecule has 1 heterocycles. The van der Waals surface area contributed by atoms with E-state index in [-0.39, 0.29) is 17.6 Å². The van der Waals surface area contributed by atoms with Crippen molar-refractivity contribution >= 4 is 5.97 Å². The predicted octanol–water partition coefficient (Wildman–Crippen LogP) is 2.11. The van der Waals surface area contributed by atoms with Crippen LogP contribution in [0, 0.1) is 11.8 Å². The molecule has 4 heteroatoms. The van der Waals surface area contributed by atoms with Gasteiger partial charge in [0, 0.05) is 0 Å². The minimum Gasteiger partial charge on any atom is -0.508 e. The van der Waals surface area contributed by atoms with E-state index in [1.165, 1.54) is 5.56 Å². The van der Waals surface area contributed by atoms with E-state index in [2.05, 4.69) is 5.32 Å². The van der Waals surface area contributed by atoms with Crippen LogP contribution in [0.3, 0.4) is 0 Å². The van der Waals surface area contributed by atoms with E-state index < -0.39 is 0 Å². The van der Waals surface area contributed by atoms with Crippen molar-refractivity contribution in [3.8, 4) is 5.75 Å². The maximum atomic E-state index is 12.0. The number of benzene rings is 1. The first kappa shape index (κ1) is 14.9. The van der Waals surface area contributed by atoms with Crippen LogP contribution >= 0.6 is 0 Å². The van der Waals surface area contributed by atoms with E-state index in [9.17, 15) is 9.90 Å². The van der Waals surface area contributed by atoms with Gasteiger partial charge in [0.05, 0.1) is 12.5 Å². The summed E-state index contributed by atoms with van der Waals surface area (Å²) in [4.78, 5) is 12.0. The first-order chi connectivity index (χ1) is 9.70. The Morgan fingerprint density at radius 3 is 2.85 bits per heavy atom. The molecule has 2 rings (SSSR count). The minimum atomic E-state index is -0.0512. The van der Waals surface area contributed by atoms with Gasteiger partial charge in [-0.1, -0.05) is 12.1 Å². The Morgan fingerprint density at radius 1 is 1.40 bits per heavy atom. The lowest BCUT2D eigenvalue weighted by Gasteiger charge is -2.30. The number of carbonyl (C=O) groups excluding carboxylic acids is 1. The van der Waals surface area contributed by atoms with Gasteiger partial charge in [-0.2, -0.15) is 0 Å². The molecule has 0 aromatic heterocycles. The summed E-state index contributed by atoms with van der Waals surface area (Å²) in [6.45, 7) is 4.07. The second kappa shape index (κ2) is 7.29. The van der Waals surface area contributed by atoms with E-state index in [1.54, 1.807) is 12.1 Å². The fourth-order valence-electron chi connectivity index (χ4n) is 2.80. The van der Waals surface area contributed by atoms with E-state index >= 15 is 0 Å². The number of phenolic OH excluding ortho intramolecular Hbond substituents is 1. The molecule has 0 saturated carbocycles. The molecule has 2 N–H and O–H groups in total. The average Bonchev–Trinajstić information content (AvgIpc) is 2.47. The number of hydrogen-bond acceptors (Lipinski definition) is 4. The van der Waals surface area contributed by atoms with Crippen LogP contribution in [0.15, 0.2) is 24.3 Å². The number of phenols is 1. The van der Waals surface area contributed by atoms with Gasteiger partial charge in [0.15, 0.2) is 0 Å². The monoisotopic (exact) mass is 277 g/mol. The fourth-order valence-corrected chi connectivity index (χ4v) is 2.80. The Hall–Kier alpha value is -1.55. The van der Waals surface area contributed by atoms with Crippen molar-refractivity contribution in [3.05, 3.63) is 29.8 Å². The third kappa shape index (κ3) is 3.97. The van der Waals surface area contributed by atoms with Crippen molar-refractivity contribution < 1.29 is 14.6 Å². The molecule has 1 aromatic carbocycles. The largest absolute Gasteiger partial charge is 0.508 e. The first-order valence-electron chi connectivity index (χ1n) is 7.36. The zero-order valence-electron chi connectivity index (χ0n) is 12.0. The molecule has 0 unspecified atom stereocenters. The van der Waals surface area contributed by atoms with Crippen LogP contribution < -0.4 is 5.32 Å². The van der Waals surface area contributed by atoms with E-state index in [1.807, 2.05) is 19.1 Å². The standard InChI is InChI=1S/C16H23NO3/c1-2-20-16(19)15-9-10-17-11-13(15)6-3-12-4-7-14(18)8-5-12/h4-5,7-8,13,15,17-18H,2-3,6,9-11H2,1H3/t13-,15+/m1/s1. The van der Waals surface area contributed by atoms with Crippen LogP contribution in [0.5, 0.6) is 5.75 Å². The lowest BCUT2D eigenvalue weighted by Crippen LogP contribution is -2.41. The Kier molecular flexibility index (Phi) is 5.41. The molecule has 0 aliphatic carbocycles. The average molecular weight is 277 g/mol. The molecule has 4 nitrogen and oxygen atoms in total. The molecule has 0 bridgehead atoms. The van der Waals surface area contributed by atoms with Crippen LogP contribution in [0.4, 0.5) is 0 Å². The number of aryl methyl sites for hydroxylation is 1. The Labute approximate surface area is 120 Å². The second-order valence-electron chi connectivity index (χ2n) is 5.32. The molecule has 1 aliphatic rings. The summed E-state index contributed by atoms with van der Waals surface area (Å²) >= 11 is 0. The molecule has 0 spiro atoms. The van der Waals surface area contributed by atoms with Gasteiger partial charge in [0.2, 0.25) is 0 Å². The third-order valence-electron chi connectivity index (χ3n) is 3.94. The summed E-state index contributed by atoms with van der Waals surface area (Å²) < 4.78 is 5.18. The molecule has 1 fully saturated rings. The number of carbonyl (C=O) groups is 1. The Balaban J connectivity index is 1.91. The van der Waals surface area contributed by atoms with E-state index in [0.717, 1.165) is 32.4 Å². The fraction of sp³-hybridized carbons (Fsp3) is 0.562. The second-order valence-corrected chi connectivity index (χ2v) is 5.32. The highest BCUT2D eigenvalue weighted by Crippen LogP contribution is 2.25. The summed E-state index contributed by atoms with van der Waals surface area (Å²) in [5.74, 6) is 0.590. The highest BCUT2D eigenvalue weighted by molar-refractivity contribution is 5.73. The number of nitrogens with one attached hydrogen (secondary N) is 1. The summed E-state index contributed by atoms with van der Waals surface area (Å²) in [5.41, 5.74) is 1.19. The minimum absolute atomic E-state index is 0.0216. The van der Waals surface area contributed by atoms with Gasteiger partial charge in [-0.25, -0.2) is 0 Å². The van der Waals surface area contributed by atoms with Gasteiger partial charge in [-0.15, -0.1) is 0 Å². The quantitative estimate of drug-likeness (QED) is 0.809. The number of esters is 1. The molecule has 1 aromatic rings. The van der Waals surface area contributed by atoms with Crippen LogP contribution in [0.2, 0.25) is 0 Å². The van der Waals surface area contributed by atoms with Crippen LogP contribution in [0.25, 0.3) is 0 Å². The van der Waals surface area contributed by atoms with Crippen LogP contribution in [-0.4, -0.2) is 30.8 Å². The van der Waals surface area contributed by atoms with E-state index in [4.69, 9.17) is 4.74 Å². The van der Waals surface area contributed by atoms with Crippen molar-refractivity contribution in [1.82, 2.24) is 5.32 Å². The molecular weight excluding hydrogens is 254 g/mol. The first-order valence-corrected chi connectivity index (χ1v) is 7.36. The smallest absolute Gasteiger partial charge is 0.309 e. The number of rotatable bonds is 5. The van der Waals surface area contributed by atoms with Gasteiger partial charge >= 0.3 is 5.97 Å². The lowest BCUT2D eigenvalue weighted by molar-refractivity contribution is -0.151. The normalized spacial score (nSPS) is 22.4. The zero-order chi connectivity index (χ0) is 14.4. The van der Waals surface area contributed by atoms with Crippen LogP contribution in [0.1, 0.15) is 25.3 Å².